The molecule has 0 aliphatic carbocycles. The average molecular weight is 343 g/mol. The molecule has 7 heteroatoms. The Hall–Kier alpha value is -3.09. The summed E-state index contributed by atoms with van der Waals surface area (Å²) in [6.45, 7) is 2.06. The van der Waals surface area contributed by atoms with Crippen molar-refractivity contribution < 1.29 is 19.1 Å². The van der Waals surface area contributed by atoms with Gasteiger partial charge in [0.05, 0.1) is 26.5 Å². The molecule has 0 aliphatic rings. The first kappa shape index (κ1) is 18.3. The van der Waals surface area contributed by atoms with Gasteiger partial charge >= 0.3 is 0 Å². The number of nitrogens with zero attached hydrogens (tertiary/aromatic N) is 1. The summed E-state index contributed by atoms with van der Waals surface area (Å²) in [6, 6.07) is 8.74. The minimum Gasteiger partial charge on any atom is -0.493 e. The van der Waals surface area contributed by atoms with Gasteiger partial charge in [-0.15, -0.1) is 0 Å². The Morgan fingerprint density at radius 2 is 1.76 bits per heavy atom. The lowest BCUT2D eigenvalue weighted by atomic mass is 10.1. The number of nitrogens with one attached hydrogen (secondary N) is 2. The van der Waals surface area contributed by atoms with Crippen LogP contribution in [0.25, 0.3) is 0 Å². The number of ether oxygens (including phenoxy) is 2. The van der Waals surface area contributed by atoms with Crippen LogP contribution in [-0.4, -0.2) is 31.0 Å². The van der Waals surface area contributed by atoms with Gasteiger partial charge in [0.25, 0.3) is 5.91 Å². The smallest absolute Gasteiger partial charge is 0.251 e. The lowest BCUT2D eigenvalue weighted by Crippen LogP contribution is -2.24. The summed E-state index contributed by atoms with van der Waals surface area (Å²) in [6.07, 6.45) is 1.54. The van der Waals surface area contributed by atoms with Crippen molar-refractivity contribution in [2.24, 2.45) is 0 Å². The fourth-order valence-electron chi connectivity index (χ4n) is 2.21. The lowest BCUT2D eigenvalue weighted by molar-refractivity contribution is -0.119. The molecular formula is C18H21N3O4. The number of carbonyl (C=O) groups excluding carboxylic acids is 2. The minimum atomic E-state index is -0.221. The molecule has 0 spiro atoms. The number of rotatable bonds is 7. The Bertz CT molecular complexity index is 762. The number of methoxy groups -OCH3 is 2. The summed E-state index contributed by atoms with van der Waals surface area (Å²) >= 11 is 0. The van der Waals surface area contributed by atoms with Gasteiger partial charge in [-0.2, -0.15) is 0 Å². The van der Waals surface area contributed by atoms with Gasteiger partial charge in [-0.25, -0.2) is 0 Å². The van der Waals surface area contributed by atoms with E-state index in [9.17, 15) is 9.59 Å². The fourth-order valence-corrected chi connectivity index (χ4v) is 2.21. The third-order valence-electron chi connectivity index (χ3n) is 3.50. The van der Waals surface area contributed by atoms with E-state index in [0.29, 0.717) is 29.3 Å². The molecule has 7 nitrogen and oxygen atoms in total. The largest absolute Gasteiger partial charge is 0.493 e. The third kappa shape index (κ3) is 5.20. The molecule has 0 saturated carbocycles. The molecule has 1 aromatic carbocycles. The van der Waals surface area contributed by atoms with Crippen LogP contribution in [0.1, 0.15) is 28.5 Å². The first-order chi connectivity index (χ1) is 12.0. The van der Waals surface area contributed by atoms with Gasteiger partial charge in [0, 0.05) is 25.2 Å². The molecule has 2 N–H and O–H groups in total. The van der Waals surface area contributed by atoms with Gasteiger partial charge in [0.1, 0.15) is 0 Å². The molecule has 25 heavy (non-hydrogen) atoms. The second-order valence-electron chi connectivity index (χ2n) is 5.32. The van der Waals surface area contributed by atoms with Gasteiger partial charge in [-0.05, 0) is 29.8 Å². The SMILES string of the molecule is COc1ccc(CNC(=O)c2ccnc(CNC(C)=O)c2)cc1OC. The van der Waals surface area contributed by atoms with Crippen LogP contribution >= 0.6 is 0 Å². The van der Waals surface area contributed by atoms with E-state index in [1.807, 2.05) is 12.1 Å². The third-order valence-corrected chi connectivity index (χ3v) is 3.50. The molecule has 0 atom stereocenters. The lowest BCUT2D eigenvalue weighted by Gasteiger charge is -2.11. The number of hydrogen-bond donors (Lipinski definition) is 2. The number of aromatic nitrogens is 1. The molecule has 0 saturated heterocycles. The Morgan fingerprint density at radius 1 is 1.00 bits per heavy atom. The highest BCUT2D eigenvalue weighted by Crippen LogP contribution is 2.27. The van der Waals surface area contributed by atoms with Crippen LogP contribution in [0.3, 0.4) is 0 Å². The molecule has 0 bridgehead atoms. The first-order valence-corrected chi connectivity index (χ1v) is 7.72. The highest BCUT2D eigenvalue weighted by Gasteiger charge is 2.09. The van der Waals surface area contributed by atoms with Crippen molar-refractivity contribution >= 4 is 11.8 Å². The van der Waals surface area contributed by atoms with Crippen molar-refractivity contribution in [3.05, 3.63) is 53.3 Å². The van der Waals surface area contributed by atoms with E-state index in [1.54, 1.807) is 38.6 Å². The first-order valence-electron chi connectivity index (χ1n) is 7.72. The standard InChI is InChI=1S/C18H21N3O4/c1-12(22)20-11-15-9-14(6-7-19-15)18(23)21-10-13-4-5-16(24-2)17(8-13)25-3/h4-9H,10-11H2,1-3H3,(H,20,22)(H,21,23). The molecule has 2 amide bonds. The second kappa shape index (κ2) is 8.68. The van der Waals surface area contributed by atoms with E-state index in [0.717, 1.165) is 5.56 Å². The van der Waals surface area contributed by atoms with Crippen LogP contribution in [0.5, 0.6) is 11.5 Å². The average Bonchev–Trinajstić information content (AvgIpc) is 2.64. The maximum atomic E-state index is 12.3. The number of hydrogen-bond acceptors (Lipinski definition) is 5. The van der Waals surface area contributed by atoms with Crippen LogP contribution in [0, 0.1) is 0 Å². The number of amides is 2. The molecule has 0 radical (unpaired) electrons. The van der Waals surface area contributed by atoms with Crippen LogP contribution in [-0.2, 0) is 17.9 Å². The number of carbonyl (C=O) groups is 2. The van der Waals surface area contributed by atoms with Crippen molar-refractivity contribution in [1.29, 1.82) is 0 Å². The topological polar surface area (TPSA) is 89.5 Å². The van der Waals surface area contributed by atoms with Gasteiger partial charge in [0.15, 0.2) is 11.5 Å². The molecule has 2 rings (SSSR count). The van der Waals surface area contributed by atoms with Gasteiger partial charge < -0.3 is 20.1 Å². The monoisotopic (exact) mass is 343 g/mol. The molecule has 1 aromatic heterocycles. The molecular weight excluding hydrogens is 322 g/mol. The van der Waals surface area contributed by atoms with E-state index in [1.165, 1.54) is 6.92 Å². The summed E-state index contributed by atoms with van der Waals surface area (Å²) in [7, 11) is 3.13. The van der Waals surface area contributed by atoms with Crippen LogP contribution < -0.4 is 20.1 Å². The highest BCUT2D eigenvalue weighted by atomic mass is 16.5. The predicted octanol–water partition coefficient (Wildman–Crippen LogP) is 1.66. The Morgan fingerprint density at radius 3 is 2.44 bits per heavy atom. The maximum Gasteiger partial charge on any atom is 0.251 e. The van der Waals surface area contributed by atoms with E-state index in [-0.39, 0.29) is 18.4 Å². The van der Waals surface area contributed by atoms with Crippen molar-refractivity contribution in [1.82, 2.24) is 15.6 Å². The highest BCUT2D eigenvalue weighted by molar-refractivity contribution is 5.94. The van der Waals surface area contributed by atoms with E-state index < -0.39 is 0 Å². The number of pyridine rings is 1. The normalized spacial score (nSPS) is 10.0. The summed E-state index contributed by atoms with van der Waals surface area (Å²) in [5.74, 6) is 0.872. The molecule has 132 valence electrons. The van der Waals surface area contributed by atoms with Crippen molar-refractivity contribution in [3.8, 4) is 11.5 Å². The maximum absolute atomic E-state index is 12.3. The van der Waals surface area contributed by atoms with Crippen LogP contribution in [0.15, 0.2) is 36.5 Å². The Balaban J connectivity index is 2.00. The molecule has 0 unspecified atom stereocenters. The summed E-state index contributed by atoms with van der Waals surface area (Å²) < 4.78 is 10.4. The van der Waals surface area contributed by atoms with Crippen LogP contribution in [0.2, 0.25) is 0 Å². The quantitative estimate of drug-likeness (QED) is 0.798. The Labute approximate surface area is 146 Å². The minimum absolute atomic E-state index is 0.148. The van der Waals surface area contributed by atoms with Crippen LogP contribution in [0.4, 0.5) is 0 Å². The zero-order chi connectivity index (χ0) is 18.2. The predicted molar refractivity (Wildman–Crippen MR) is 92.5 cm³/mol. The zero-order valence-corrected chi connectivity index (χ0v) is 14.5. The number of benzene rings is 1. The zero-order valence-electron chi connectivity index (χ0n) is 14.5. The van der Waals surface area contributed by atoms with Gasteiger partial charge in [0.2, 0.25) is 5.91 Å². The molecule has 0 fully saturated rings. The Kier molecular flexibility index (Phi) is 6.33. The molecule has 1 heterocycles. The van der Waals surface area contributed by atoms with E-state index in [4.69, 9.17) is 9.47 Å². The second-order valence-corrected chi connectivity index (χ2v) is 5.32. The van der Waals surface area contributed by atoms with Crippen molar-refractivity contribution in [2.45, 2.75) is 20.0 Å². The molecule has 2 aromatic rings. The fraction of sp³-hybridized carbons (Fsp3) is 0.278. The van der Waals surface area contributed by atoms with Crippen molar-refractivity contribution in [2.75, 3.05) is 14.2 Å². The molecule has 0 aliphatic heterocycles. The summed E-state index contributed by atoms with van der Waals surface area (Å²) in [5, 5.41) is 5.50. The summed E-state index contributed by atoms with van der Waals surface area (Å²) in [5.41, 5.74) is 1.99. The van der Waals surface area contributed by atoms with Gasteiger partial charge in [-0.3, -0.25) is 14.6 Å². The summed E-state index contributed by atoms with van der Waals surface area (Å²) in [4.78, 5) is 27.4. The van der Waals surface area contributed by atoms with E-state index >= 15 is 0 Å². The van der Waals surface area contributed by atoms with E-state index in [2.05, 4.69) is 15.6 Å². The van der Waals surface area contributed by atoms with Crippen molar-refractivity contribution in [3.63, 3.8) is 0 Å². The van der Waals surface area contributed by atoms with Gasteiger partial charge in [-0.1, -0.05) is 6.07 Å².